The monoisotopic (exact) mass is 1340 g/mol. The molecule has 0 aliphatic heterocycles. The lowest BCUT2D eigenvalue weighted by Gasteiger charge is -2.19. The molecule has 0 fully saturated rings. The summed E-state index contributed by atoms with van der Waals surface area (Å²) in [5.74, 6) is 0. The Morgan fingerprint density at radius 1 is 0.387 bits per heavy atom. The highest BCUT2D eigenvalue weighted by atomic mass is 127. The van der Waals surface area contributed by atoms with Gasteiger partial charge in [-0.25, -0.2) is 0 Å². The number of aromatic amines is 1. The molecular formula is C88H66IN2S2+. The van der Waals surface area contributed by atoms with Crippen LogP contribution in [0.2, 0.25) is 0 Å². The first-order chi connectivity index (χ1) is 45.3. The van der Waals surface area contributed by atoms with Gasteiger partial charge in [0, 0.05) is 110 Å². The molecule has 0 atom stereocenters. The quantitative estimate of drug-likeness (QED) is 0.131. The number of para-hydroxylation sites is 1. The minimum absolute atomic E-state index is 0.125. The minimum atomic E-state index is 0.125. The van der Waals surface area contributed by atoms with Crippen LogP contribution in [0.25, 0.3) is 150 Å². The summed E-state index contributed by atoms with van der Waals surface area (Å²) >= 11 is 6.15. The number of nitrogens with one attached hydrogen (secondary N) is 1. The van der Waals surface area contributed by atoms with Crippen LogP contribution in [0.5, 0.6) is 0 Å². The number of rotatable bonds is 5. The third-order valence-electron chi connectivity index (χ3n) is 18.6. The second kappa shape index (κ2) is 23.4. The Balaban J connectivity index is 0.000000134. The smallest absolute Gasteiger partial charge is 0.103 e. The van der Waals surface area contributed by atoms with E-state index in [-0.39, 0.29) is 10.8 Å². The van der Waals surface area contributed by atoms with Crippen LogP contribution in [0.1, 0.15) is 58.2 Å². The van der Waals surface area contributed by atoms with Crippen molar-refractivity contribution in [2.24, 2.45) is 0 Å². The SMILES string of the molecule is CC(C)(C)c1ccc(-c2cccc3c2sc2c4ccccc4c4[nH]c5cc(C6=CC=[C+]C=C6)ccc5c4c32)cc1.CC(C)(C)c1ccc(-c2cccc3c2sc2c4ccccc4c4c(c5ccc(-c6ccccc6)cc5n4-c4ccccc4)c32)cc1.Ic1ccccc1. The van der Waals surface area contributed by atoms with E-state index in [0.29, 0.717) is 0 Å². The first-order valence-electron chi connectivity index (χ1n) is 32.0. The van der Waals surface area contributed by atoms with E-state index in [1.807, 2.05) is 53.0 Å². The van der Waals surface area contributed by atoms with Gasteiger partial charge in [-0.05, 0) is 114 Å². The Kier molecular flexibility index (Phi) is 14.7. The van der Waals surface area contributed by atoms with Gasteiger partial charge >= 0.3 is 0 Å². The molecule has 4 heterocycles. The van der Waals surface area contributed by atoms with Crippen LogP contribution in [0.15, 0.2) is 285 Å². The van der Waals surface area contributed by atoms with E-state index in [2.05, 4.69) is 335 Å². The lowest BCUT2D eigenvalue weighted by molar-refractivity contribution is 0.590. The third kappa shape index (κ3) is 10.4. The fraction of sp³-hybridized carbons (Fsp3) is 0.0909. The molecule has 0 radical (unpaired) electrons. The van der Waals surface area contributed by atoms with Crippen molar-refractivity contribution >= 4 is 156 Å². The number of nitrogens with zero attached hydrogens (tertiary/aromatic N) is 1. The molecule has 0 saturated heterocycles. The topological polar surface area (TPSA) is 20.7 Å². The molecule has 1 aliphatic carbocycles. The zero-order valence-corrected chi connectivity index (χ0v) is 56.6. The molecule has 17 aromatic rings. The molecule has 4 aromatic heterocycles. The summed E-state index contributed by atoms with van der Waals surface area (Å²) in [6, 6.07) is 95.6. The van der Waals surface area contributed by atoms with Gasteiger partial charge in [0.15, 0.2) is 0 Å². The number of H-pyrrole nitrogens is 1. The molecule has 18 rings (SSSR count). The Bertz CT molecular complexity index is 5840. The number of hydrogen-bond acceptors (Lipinski definition) is 2. The number of aromatic nitrogens is 2. The highest BCUT2D eigenvalue weighted by Crippen LogP contribution is 2.52. The summed E-state index contributed by atoms with van der Waals surface area (Å²) in [7, 11) is 0. The van der Waals surface area contributed by atoms with Gasteiger partial charge < -0.3 is 9.55 Å². The van der Waals surface area contributed by atoms with E-state index in [0.717, 1.165) is 0 Å². The zero-order valence-electron chi connectivity index (χ0n) is 52.8. The van der Waals surface area contributed by atoms with E-state index in [1.54, 1.807) is 0 Å². The molecule has 0 amide bonds. The standard InChI is InChI=1S/C44H33NS.C38H28NS.C6H5I/c1-44(2,3)31-24-21-29(22-25-31)33-19-12-20-37-40-39-36-26-23-30(28-13-6-4-7-14-28)27-38(36)45(32-15-8-5-9-16-32)41(39)34-17-10-11-18-35(34)43(40)46-42(33)37;1-38(2,3)26-19-16-24(17-20-26)27-14-9-15-31-34-33-30-21-18-25(23-10-5-4-6-11-23)22-32(30)39-35(33)28-12-7-8-13-29(28)37(34)40-36(27)31;7-6-4-2-1-3-5-6/h4-27H,1-3H3;5-22,39H,1-3H3;1-5H/q;+1;. The van der Waals surface area contributed by atoms with Gasteiger partial charge in [-0.2, -0.15) is 0 Å². The first-order valence-corrected chi connectivity index (χ1v) is 34.7. The molecule has 0 saturated carbocycles. The molecule has 446 valence electrons. The van der Waals surface area contributed by atoms with Gasteiger partial charge in [0.2, 0.25) is 0 Å². The van der Waals surface area contributed by atoms with Crippen molar-refractivity contribution in [1.82, 2.24) is 9.55 Å². The molecule has 5 heteroatoms. The predicted octanol–water partition coefficient (Wildman–Crippen LogP) is 26.3. The molecule has 0 spiro atoms. The highest BCUT2D eigenvalue weighted by Gasteiger charge is 2.25. The number of fused-ring (bicyclic) bond motifs is 20. The van der Waals surface area contributed by atoms with Crippen LogP contribution in [-0.4, -0.2) is 9.55 Å². The lowest BCUT2D eigenvalue weighted by atomic mass is 9.86. The van der Waals surface area contributed by atoms with Crippen LogP contribution in [-0.2, 0) is 10.8 Å². The molecule has 1 aliphatic rings. The first kappa shape index (κ1) is 58.4. The number of allylic oxidation sites excluding steroid dienone is 6. The fourth-order valence-electron chi connectivity index (χ4n) is 13.9. The molecule has 93 heavy (non-hydrogen) atoms. The van der Waals surface area contributed by atoms with Crippen molar-refractivity contribution in [1.29, 1.82) is 0 Å². The van der Waals surface area contributed by atoms with Crippen LogP contribution >= 0.6 is 45.3 Å². The average molecular weight is 1340 g/mol. The second-order valence-electron chi connectivity index (χ2n) is 26.4. The highest BCUT2D eigenvalue weighted by molar-refractivity contribution is 14.1. The fourth-order valence-corrected chi connectivity index (χ4v) is 17.1. The van der Waals surface area contributed by atoms with Gasteiger partial charge in [0.05, 0.1) is 34.3 Å². The van der Waals surface area contributed by atoms with Crippen LogP contribution in [0.4, 0.5) is 0 Å². The van der Waals surface area contributed by atoms with E-state index in [1.165, 1.54) is 170 Å². The lowest BCUT2D eigenvalue weighted by Crippen LogP contribution is -2.10. The Labute approximate surface area is 564 Å². The molecule has 1 N–H and O–H groups in total. The molecule has 2 nitrogen and oxygen atoms in total. The molecule has 0 unspecified atom stereocenters. The van der Waals surface area contributed by atoms with Gasteiger partial charge in [-0.1, -0.05) is 266 Å². The van der Waals surface area contributed by atoms with Crippen molar-refractivity contribution in [3.05, 3.63) is 311 Å². The van der Waals surface area contributed by atoms with Crippen molar-refractivity contribution < 1.29 is 0 Å². The average Bonchev–Trinajstić information content (AvgIpc) is 1.54. The Hall–Kier alpha value is -9.72. The predicted molar refractivity (Wildman–Crippen MR) is 415 cm³/mol. The summed E-state index contributed by atoms with van der Waals surface area (Å²) in [6.07, 6.45) is 11.3. The van der Waals surface area contributed by atoms with Gasteiger partial charge in [-0.3, -0.25) is 0 Å². The summed E-state index contributed by atoms with van der Waals surface area (Å²) in [6.45, 7) is 13.6. The summed E-state index contributed by atoms with van der Waals surface area (Å²) in [4.78, 5) is 3.84. The maximum Gasteiger partial charge on any atom is 0.103 e. The van der Waals surface area contributed by atoms with Crippen molar-refractivity contribution in [2.45, 2.75) is 52.4 Å². The van der Waals surface area contributed by atoms with Gasteiger partial charge in [0.1, 0.15) is 12.2 Å². The van der Waals surface area contributed by atoms with Gasteiger partial charge in [0.25, 0.3) is 0 Å². The number of thiophene rings is 2. The maximum absolute atomic E-state index is 3.84. The second-order valence-corrected chi connectivity index (χ2v) is 29.7. The zero-order chi connectivity index (χ0) is 63.1. The number of benzene rings is 13. The van der Waals surface area contributed by atoms with Crippen LogP contribution in [0.3, 0.4) is 0 Å². The number of halogens is 1. The summed E-state index contributed by atoms with van der Waals surface area (Å²) in [5, 5.41) is 15.8. The molecular weight excluding hydrogens is 1280 g/mol. The Morgan fingerprint density at radius 3 is 1.44 bits per heavy atom. The van der Waals surface area contributed by atoms with Crippen molar-refractivity contribution in [3.8, 4) is 39.1 Å². The molecule has 13 aromatic carbocycles. The van der Waals surface area contributed by atoms with E-state index in [9.17, 15) is 0 Å². The van der Waals surface area contributed by atoms with Gasteiger partial charge in [-0.15, -0.1) is 22.7 Å². The van der Waals surface area contributed by atoms with E-state index >= 15 is 0 Å². The summed E-state index contributed by atoms with van der Waals surface area (Å²) in [5.41, 5.74) is 19.1. The number of hydrogen-bond donors (Lipinski definition) is 1. The maximum atomic E-state index is 3.84. The Morgan fingerprint density at radius 2 is 0.882 bits per heavy atom. The minimum Gasteiger partial charge on any atom is -0.354 e. The van der Waals surface area contributed by atoms with Crippen LogP contribution < -0.4 is 0 Å². The van der Waals surface area contributed by atoms with E-state index < -0.39 is 0 Å². The van der Waals surface area contributed by atoms with Crippen molar-refractivity contribution in [2.75, 3.05) is 0 Å². The molecule has 0 bridgehead atoms. The largest absolute Gasteiger partial charge is 0.354 e. The van der Waals surface area contributed by atoms with Crippen LogP contribution in [0, 0.1) is 9.65 Å². The third-order valence-corrected chi connectivity index (χ3v) is 21.9. The normalized spacial score (nSPS) is 12.6. The van der Waals surface area contributed by atoms with Crippen molar-refractivity contribution in [3.63, 3.8) is 0 Å². The summed E-state index contributed by atoms with van der Waals surface area (Å²) < 4.78 is 9.21. The van der Waals surface area contributed by atoms with E-state index in [4.69, 9.17) is 0 Å².